The summed E-state index contributed by atoms with van der Waals surface area (Å²) < 4.78 is 65.6. The second-order valence-electron chi connectivity index (χ2n) is 2.66. The van der Waals surface area contributed by atoms with Gasteiger partial charge in [0.2, 0.25) is 0 Å². The predicted molar refractivity (Wildman–Crippen MR) is 48.6 cm³/mol. The van der Waals surface area contributed by atoms with E-state index in [4.69, 9.17) is 4.74 Å². The Morgan fingerprint density at radius 2 is 1.50 bits per heavy atom. The molecule has 1 rings (SSSR count). The maximum Gasteiger partial charge on any atom is 0.534 e. The average Bonchev–Trinajstić information content (AvgIpc) is 2.16. The van der Waals surface area contributed by atoms with E-state index in [0.717, 1.165) is 12.1 Å². The van der Waals surface area contributed by atoms with Crippen LogP contribution in [0.25, 0.3) is 0 Å². The Morgan fingerprint density at radius 3 is 1.88 bits per heavy atom. The van der Waals surface area contributed by atoms with Crippen LogP contribution < -0.4 is 8.92 Å². The van der Waals surface area contributed by atoms with Crippen molar-refractivity contribution in [1.29, 1.82) is 0 Å². The molecule has 16 heavy (non-hydrogen) atoms. The lowest BCUT2D eigenvalue weighted by atomic mass is 10.3. The summed E-state index contributed by atoms with van der Waals surface area (Å²) in [6.07, 6.45) is 0. The highest BCUT2D eigenvalue weighted by Gasteiger charge is 2.48. The van der Waals surface area contributed by atoms with Gasteiger partial charge in [-0.3, -0.25) is 0 Å². The van der Waals surface area contributed by atoms with Crippen molar-refractivity contribution >= 4 is 10.1 Å². The lowest BCUT2D eigenvalue weighted by molar-refractivity contribution is -0.0500. The quantitative estimate of drug-likeness (QED) is 0.612. The minimum atomic E-state index is -5.61. The zero-order valence-electron chi connectivity index (χ0n) is 7.98. The van der Waals surface area contributed by atoms with Crippen LogP contribution in [0.2, 0.25) is 0 Å². The zero-order chi connectivity index (χ0) is 12.4. The first-order valence-electron chi connectivity index (χ1n) is 3.91. The predicted octanol–water partition coefficient (Wildman–Crippen LogP) is 1.92. The second-order valence-corrected chi connectivity index (χ2v) is 4.20. The topological polar surface area (TPSA) is 52.6 Å². The smallest absolute Gasteiger partial charge is 0.497 e. The summed E-state index contributed by atoms with van der Waals surface area (Å²) >= 11 is 0. The molecule has 0 aliphatic carbocycles. The molecule has 0 radical (unpaired) electrons. The van der Waals surface area contributed by atoms with Crippen LogP contribution in [0.3, 0.4) is 0 Å². The fraction of sp³-hybridized carbons (Fsp3) is 0.250. The summed E-state index contributed by atoms with van der Waals surface area (Å²) in [5.74, 6) is -0.0603. The molecule has 0 saturated carbocycles. The number of alkyl halides is 3. The van der Waals surface area contributed by atoms with Crippen molar-refractivity contribution in [2.45, 2.75) is 5.51 Å². The molecule has 0 unspecified atom stereocenters. The van der Waals surface area contributed by atoms with Gasteiger partial charge in [-0.25, -0.2) is 0 Å². The van der Waals surface area contributed by atoms with Crippen molar-refractivity contribution in [2.75, 3.05) is 7.11 Å². The van der Waals surface area contributed by atoms with Crippen LogP contribution in [0.1, 0.15) is 0 Å². The highest BCUT2D eigenvalue weighted by Crippen LogP contribution is 2.27. The molecule has 4 nitrogen and oxygen atoms in total. The minimum absolute atomic E-state index is 0.372. The molecule has 0 heterocycles. The van der Waals surface area contributed by atoms with Gasteiger partial charge in [-0.1, -0.05) is 0 Å². The van der Waals surface area contributed by atoms with Gasteiger partial charge in [0.05, 0.1) is 7.11 Å². The van der Waals surface area contributed by atoms with Crippen LogP contribution in [0, 0.1) is 0 Å². The summed E-state index contributed by atoms with van der Waals surface area (Å²) in [4.78, 5) is 0. The molecule has 1 aromatic carbocycles. The number of hydrogen-bond donors (Lipinski definition) is 0. The summed E-state index contributed by atoms with van der Waals surface area (Å²) in [7, 11) is -4.25. The fourth-order valence-electron chi connectivity index (χ4n) is 0.805. The molecule has 0 aliphatic rings. The van der Waals surface area contributed by atoms with Gasteiger partial charge < -0.3 is 8.92 Å². The van der Waals surface area contributed by atoms with E-state index in [2.05, 4.69) is 4.18 Å². The molecule has 0 fully saturated rings. The Kier molecular flexibility index (Phi) is 3.32. The van der Waals surface area contributed by atoms with Crippen LogP contribution in [-0.4, -0.2) is 21.0 Å². The molecular formula is C8H7F3O4S. The normalized spacial score (nSPS) is 12.2. The van der Waals surface area contributed by atoms with Gasteiger partial charge in [-0.05, 0) is 24.3 Å². The summed E-state index contributed by atoms with van der Waals surface area (Å²) in [5, 5.41) is 0. The minimum Gasteiger partial charge on any atom is -0.497 e. The second kappa shape index (κ2) is 4.20. The summed E-state index contributed by atoms with van der Waals surface area (Å²) in [5.41, 5.74) is -5.44. The highest BCUT2D eigenvalue weighted by atomic mass is 32.2. The van der Waals surface area contributed by atoms with Crippen LogP contribution in [0.5, 0.6) is 11.5 Å². The number of hydrogen-bond acceptors (Lipinski definition) is 4. The van der Waals surface area contributed by atoms with Gasteiger partial charge in [0.15, 0.2) is 0 Å². The van der Waals surface area contributed by atoms with Crippen molar-refractivity contribution in [1.82, 2.24) is 0 Å². The average molecular weight is 256 g/mol. The Labute approximate surface area is 89.7 Å². The molecule has 8 heteroatoms. The third-order valence-electron chi connectivity index (χ3n) is 1.55. The van der Waals surface area contributed by atoms with Gasteiger partial charge in [0.1, 0.15) is 11.5 Å². The summed E-state index contributed by atoms with van der Waals surface area (Å²) in [6.45, 7) is 0. The van der Waals surface area contributed by atoms with E-state index in [-0.39, 0.29) is 0 Å². The van der Waals surface area contributed by atoms with Crippen LogP contribution in [-0.2, 0) is 10.1 Å². The maximum atomic E-state index is 11.9. The Hall–Kier alpha value is -1.44. The number of halogens is 3. The number of benzene rings is 1. The van der Waals surface area contributed by atoms with E-state index in [1.165, 1.54) is 19.2 Å². The van der Waals surface area contributed by atoms with E-state index in [9.17, 15) is 21.6 Å². The first-order chi connectivity index (χ1) is 7.26. The monoisotopic (exact) mass is 256 g/mol. The molecule has 0 amide bonds. The van der Waals surface area contributed by atoms with E-state index in [1.54, 1.807) is 0 Å². The van der Waals surface area contributed by atoms with Crippen LogP contribution in [0.15, 0.2) is 24.3 Å². The molecule has 0 aliphatic heterocycles. The Balaban J connectivity index is 2.89. The number of rotatable bonds is 3. The lowest BCUT2D eigenvalue weighted by Gasteiger charge is -2.09. The number of ether oxygens (including phenoxy) is 1. The van der Waals surface area contributed by atoms with Crippen LogP contribution >= 0.6 is 0 Å². The van der Waals surface area contributed by atoms with Gasteiger partial charge in [-0.15, -0.1) is 0 Å². The first kappa shape index (κ1) is 12.6. The Bertz CT molecular complexity index is 449. The van der Waals surface area contributed by atoms with Gasteiger partial charge in [0, 0.05) is 0 Å². The molecule has 0 saturated heterocycles. The van der Waals surface area contributed by atoms with E-state index in [0.29, 0.717) is 5.75 Å². The lowest BCUT2D eigenvalue weighted by Crippen LogP contribution is -2.27. The standard InChI is InChI=1S/C8H7F3O4S/c1-14-6-2-4-7(5-3-6)15-16(12,13)8(9,10)11/h2-5H,1H3. The van der Waals surface area contributed by atoms with Gasteiger partial charge >= 0.3 is 15.6 Å². The van der Waals surface area contributed by atoms with Gasteiger partial charge in [0.25, 0.3) is 0 Å². The third-order valence-corrected chi connectivity index (χ3v) is 2.53. The van der Waals surface area contributed by atoms with Crippen molar-refractivity contribution < 1.29 is 30.5 Å². The van der Waals surface area contributed by atoms with E-state index < -0.39 is 21.4 Å². The first-order valence-corrected chi connectivity index (χ1v) is 5.32. The summed E-state index contributed by atoms with van der Waals surface area (Å²) in [6, 6.07) is 4.67. The van der Waals surface area contributed by atoms with Crippen LogP contribution in [0.4, 0.5) is 13.2 Å². The maximum absolute atomic E-state index is 11.9. The van der Waals surface area contributed by atoms with Crippen molar-refractivity contribution in [3.63, 3.8) is 0 Å². The molecular weight excluding hydrogens is 249 g/mol. The van der Waals surface area contributed by atoms with Crippen molar-refractivity contribution in [3.8, 4) is 11.5 Å². The van der Waals surface area contributed by atoms with E-state index in [1.807, 2.05) is 0 Å². The third kappa shape index (κ3) is 2.78. The SMILES string of the molecule is COc1ccc(OS(=O)(=O)C(F)(F)F)cc1. The molecule has 1 aromatic rings. The molecule has 0 spiro atoms. The molecule has 0 bridgehead atoms. The molecule has 90 valence electrons. The Morgan fingerprint density at radius 1 is 1.06 bits per heavy atom. The molecule has 0 atom stereocenters. The molecule has 0 N–H and O–H groups in total. The fourth-order valence-corrected chi connectivity index (χ4v) is 1.26. The zero-order valence-corrected chi connectivity index (χ0v) is 8.80. The highest BCUT2D eigenvalue weighted by molar-refractivity contribution is 7.87. The van der Waals surface area contributed by atoms with Crippen molar-refractivity contribution in [3.05, 3.63) is 24.3 Å². The molecule has 0 aromatic heterocycles. The number of methoxy groups -OCH3 is 1. The van der Waals surface area contributed by atoms with E-state index >= 15 is 0 Å². The van der Waals surface area contributed by atoms with Gasteiger partial charge in [-0.2, -0.15) is 21.6 Å². The largest absolute Gasteiger partial charge is 0.534 e. The van der Waals surface area contributed by atoms with Crippen molar-refractivity contribution in [2.24, 2.45) is 0 Å².